The molecule has 0 unspecified atom stereocenters. The number of unbranched alkanes of at least 4 members (excludes halogenated alkanes) is 1. The van der Waals surface area contributed by atoms with Crippen molar-refractivity contribution in [1.29, 1.82) is 0 Å². The maximum Gasteiger partial charge on any atom is 0.345 e. The highest BCUT2D eigenvalue weighted by Gasteiger charge is 2.21. The molecule has 0 radical (unpaired) electrons. The molecule has 6 nitrogen and oxygen atoms in total. The summed E-state index contributed by atoms with van der Waals surface area (Å²) >= 11 is 0. The smallest absolute Gasteiger partial charge is 0.345 e. The average Bonchev–Trinajstić information content (AvgIpc) is 2.55. The summed E-state index contributed by atoms with van der Waals surface area (Å²) in [5.74, 6) is -0.337. The summed E-state index contributed by atoms with van der Waals surface area (Å²) in [5.41, 5.74) is 6.21. The average molecular weight is 320 g/mol. The lowest BCUT2D eigenvalue weighted by atomic mass is 10.1. The minimum Gasteiger partial charge on any atom is -0.506 e. The van der Waals surface area contributed by atoms with Crippen LogP contribution in [0.1, 0.15) is 32.3 Å². The molecule has 0 spiro atoms. The Bertz CT molecular complexity index is 577. The van der Waals surface area contributed by atoms with Crippen LogP contribution in [-0.4, -0.2) is 37.2 Å². The Morgan fingerprint density at radius 3 is 2.43 bits per heavy atom. The van der Waals surface area contributed by atoms with E-state index in [1.54, 1.807) is 38.3 Å². The third-order valence-electron chi connectivity index (χ3n) is 3.13. The molecule has 0 atom stereocenters. The second-order valence-corrected chi connectivity index (χ2v) is 4.79. The summed E-state index contributed by atoms with van der Waals surface area (Å²) in [6.45, 7) is 4.38. The number of esters is 1. The van der Waals surface area contributed by atoms with E-state index in [1.165, 1.54) is 0 Å². The fourth-order valence-electron chi connectivity index (χ4n) is 1.86. The number of hydrogen-bond donors (Lipinski definition) is 2. The van der Waals surface area contributed by atoms with E-state index in [0.29, 0.717) is 17.9 Å². The van der Waals surface area contributed by atoms with Crippen molar-refractivity contribution >= 4 is 17.6 Å². The van der Waals surface area contributed by atoms with Crippen molar-refractivity contribution in [3.05, 3.63) is 35.4 Å². The number of aliphatic imine (C=N–C) groups is 1. The van der Waals surface area contributed by atoms with Crippen LogP contribution >= 0.6 is 0 Å². The largest absolute Gasteiger partial charge is 0.506 e. The quantitative estimate of drug-likeness (QED) is 0.192. The van der Waals surface area contributed by atoms with Crippen molar-refractivity contribution in [3.8, 4) is 5.75 Å². The first-order chi connectivity index (χ1) is 11.0. The third-order valence-corrected chi connectivity index (χ3v) is 3.13. The molecule has 23 heavy (non-hydrogen) atoms. The molecule has 0 aliphatic heterocycles. The van der Waals surface area contributed by atoms with E-state index in [1.807, 2.05) is 6.92 Å². The van der Waals surface area contributed by atoms with Crippen molar-refractivity contribution < 1.29 is 19.4 Å². The monoisotopic (exact) mass is 320 g/mol. The number of amidine groups is 1. The van der Waals surface area contributed by atoms with Crippen molar-refractivity contribution in [2.75, 3.05) is 20.3 Å². The Labute approximate surface area is 136 Å². The zero-order chi connectivity index (χ0) is 17.2. The molecule has 0 amide bonds. The molecule has 1 aromatic rings. The van der Waals surface area contributed by atoms with Gasteiger partial charge in [0.2, 0.25) is 0 Å². The van der Waals surface area contributed by atoms with Gasteiger partial charge in [-0.05, 0) is 37.6 Å². The zero-order valence-corrected chi connectivity index (χ0v) is 13.8. The molecule has 0 aromatic heterocycles. The summed E-state index contributed by atoms with van der Waals surface area (Å²) in [5, 5.41) is 10.4. The maximum atomic E-state index is 12.1. The molecule has 1 rings (SSSR count). The third kappa shape index (κ3) is 5.32. The van der Waals surface area contributed by atoms with Crippen molar-refractivity contribution in [1.82, 2.24) is 0 Å². The summed E-state index contributed by atoms with van der Waals surface area (Å²) in [7, 11) is 1.55. The van der Waals surface area contributed by atoms with E-state index in [-0.39, 0.29) is 23.8 Å². The van der Waals surface area contributed by atoms with E-state index in [4.69, 9.17) is 15.2 Å². The predicted octanol–water partition coefficient (Wildman–Crippen LogP) is 2.68. The van der Waals surface area contributed by atoms with Crippen molar-refractivity contribution in [2.24, 2.45) is 10.7 Å². The highest BCUT2D eigenvalue weighted by atomic mass is 16.5. The molecule has 6 heteroatoms. The molecule has 0 saturated heterocycles. The number of aliphatic hydroxyl groups is 1. The van der Waals surface area contributed by atoms with Crippen LogP contribution in [0.25, 0.3) is 5.76 Å². The number of methoxy groups -OCH3 is 1. The van der Waals surface area contributed by atoms with Crippen molar-refractivity contribution in [3.63, 3.8) is 0 Å². The normalized spacial score (nSPS) is 12.6. The van der Waals surface area contributed by atoms with Gasteiger partial charge in [0.25, 0.3) is 0 Å². The van der Waals surface area contributed by atoms with Gasteiger partial charge in [-0.2, -0.15) is 0 Å². The number of carbonyl (C=O) groups excluding carboxylic acids is 1. The highest BCUT2D eigenvalue weighted by molar-refractivity contribution is 6.22. The molecule has 126 valence electrons. The van der Waals surface area contributed by atoms with Gasteiger partial charge in [-0.1, -0.05) is 13.3 Å². The van der Waals surface area contributed by atoms with Crippen LogP contribution in [0, 0.1) is 0 Å². The van der Waals surface area contributed by atoms with Crippen molar-refractivity contribution in [2.45, 2.75) is 26.7 Å². The van der Waals surface area contributed by atoms with Gasteiger partial charge in [-0.3, -0.25) is 4.99 Å². The summed E-state index contributed by atoms with van der Waals surface area (Å²) < 4.78 is 10.0. The first kappa shape index (κ1) is 18.5. The van der Waals surface area contributed by atoms with Crippen LogP contribution in [0.4, 0.5) is 0 Å². The van der Waals surface area contributed by atoms with Crippen LogP contribution in [0.2, 0.25) is 0 Å². The standard InChI is InChI=1S/C17H24N2O4/c1-4-6-11-19-16(18)14(17(21)23-5-2)15(20)12-7-9-13(22-3)10-8-12/h7-10,20H,4-6,11H2,1-3H3,(H2,18,19)/b15-14-. The Kier molecular flexibility index (Phi) is 7.66. The second-order valence-electron chi connectivity index (χ2n) is 4.79. The van der Waals surface area contributed by atoms with Gasteiger partial charge in [-0.15, -0.1) is 0 Å². The Hall–Kier alpha value is -2.50. The Morgan fingerprint density at radius 2 is 1.91 bits per heavy atom. The van der Waals surface area contributed by atoms with Crippen LogP contribution in [-0.2, 0) is 9.53 Å². The fraction of sp³-hybridized carbons (Fsp3) is 0.412. The van der Waals surface area contributed by atoms with Gasteiger partial charge < -0.3 is 20.3 Å². The summed E-state index contributed by atoms with van der Waals surface area (Å²) in [6.07, 6.45) is 1.81. The van der Waals surface area contributed by atoms with E-state index < -0.39 is 5.97 Å². The van der Waals surface area contributed by atoms with Gasteiger partial charge in [0.15, 0.2) is 0 Å². The number of benzene rings is 1. The lowest BCUT2D eigenvalue weighted by molar-refractivity contribution is -0.137. The highest BCUT2D eigenvalue weighted by Crippen LogP contribution is 2.20. The van der Waals surface area contributed by atoms with Crippen LogP contribution < -0.4 is 10.5 Å². The molecule has 0 fully saturated rings. The van der Waals surface area contributed by atoms with Crippen LogP contribution in [0.3, 0.4) is 0 Å². The summed E-state index contributed by atoms with van der Waals surface area (Å²) in [6, 6.07) is 6.62. The molecular weight excluding hydrogens is 296 g/mol. The van der Waals surface area contributed by atoms with Gasteiger partial charge >= 0.3 is 5.97 Å². The van der Waals surface area contributed by atoms with Gasteiger partial charge in [0.05, 0.1) is 13.7 Å². The number of aliphatic hydroxyl groups excluding tert-OH is 1. The number of carbonyl (C=O) groups is 1. The lowest BCUT2D eigenvalue weighted by Gasteiger charge is -2.11. The molecule has 0 saturated carbocycles. The fourth-order valence-corrected chi connectivity index (χ4v) is 1.86. The first-order valence-electron chi connectivity index (χ1n) is 7.60. The van der Waals surface area contributed by atoms with E-state index >= 15 is 0 Å². The maximum absolute atomic E-state index is 12.1. The number of nitrogens with two attached hydrogens (primary N) is 1. The van der Waals surface area contributed by atoms with E-state index in [9.17, 15) is 9.90 Å². The molecule has 1 aromatic carbocycles. The molecule has 3 N–H and O–H groups in total. The van der Waals surface area contributed by atoms with Crippen LogP contribution in [0.5, 0.6) is 5.75 Å². The molecular formula is C17H24N2O4. The number of ether oxygens (including phenoxy) is 2. The van der Waals surface area contributed by atoms with E-state index in [2.05, 4.69) is 4.99 Å². The van der Waals surface area contributed by atoms with Gasteiger partial charge in [0.1, 0.15) is 22.9 Å². The Balaban J connectivity index is 3.23. The minimum atomic E-state index is -0.696. The predicted molar refractivity (Wildman–Crippen MR) is 90.6 cm³/mol. The molecule has 0 aliphatic carbocycles. The van der Waals surface area contributed by atoms with Gasteiger partial charge in [-0.25, -0.2) is 4.79 Å². The SMILES string of the molecule is CCCCN=C(N)/C(C(=O)OCC)=C(/O)c1ccc(OC)cc1. The second kappa shape index (κ2) is 9.50. The van der Waals surface area contributed by atoms with E-state index in [0.717, 1.165) is 12.8 Å². The summed E-state index contributed by atoms with van der Waals surface area (Å²) in [4.78, 5) is 16.3. The lowest BCUT2D eigenvalue weighted by Crippen LogP contribution is -2.25. The number of nitrogens with zero attached hydrogens (tertiary/aromatic N) is 1. The van der Waals surface area contributed by atoms with Gasteiger partial charge in [0, 0.05) is 12.1 Å². The minimum absolute atomic E-state index is 0.0229. The molecule has 0 aliphatic rings. The van der Waals surface area contributed by atoms with Crippen LogP contribution in [0.15, 0.2) is 34.8 Å². The Morgan fingerprint density at radius 1 is 1.26 bits per heavy atom. The topological polar surface area (TPSA) is 94.1 Å². The molecule has 0 bridgehead atoms. The number of hydrogen-bond acceptors (Lipinski definition) is 5. The molecule has 0 heterocycles. The first-order valence-corrected chi connectivity index (χ1v) is 7.60. The zero-order valence-electron chi connectivity index (χ0n) is 13.8. The number of rotatable bonds is 8.